The van der Waals surface area contributed by atoms with Crippen LogP contribution in [-0.4, -0.2) is 22.1 Å². The molecule has 112 valence electrons. The quantitative estimate of drug-likeness (QED) is 0.502. The summed E-state index contributed by atoms with van der Waals surface area (Å²) in [7, 11) is -2.74. The maximum absolute atomic E-state index is 8.63. The summed E-state index contributed by atoms with van der Waals surface area (Å²) in [6, 6.07) is 0. The molecular formula is C12H24N2O4S. The molecule has 1 aromatic rings. The van der Waals surface area contributed by atoms with Crippen LogP contribution >= 0.6 is 0 Å². The summed E-state index contributed by atoms with van der Waals surface area (Å²) in [5.41, 5.74) is 1.44. The van der Waals surface area contributed by atoms with Crippen LogP contribution in [0.1, 0.15) is 45.1 Å². The lowest BCUT2D eigenvalue weighted by Crippen LogP contribution is -2.36. The SMILES string of the molecule is CCCC[n+]1cc(CC)n(C)c1CC.O=S(=O)([O-])O. The largest absolute Gasteiger partial charge is 0.726 e. The van der Waals surface area contributed by atoms with Gasteiger partial charge in [0.2, 0.25) is 10.4 Å². The fourth-order valence-corrected chi connectivity index (χ4v) is 1.99. The standard InChI is InChI=1S/C12H23N2.H2O4S/c1-5-8-9-14-10-11(6-2)13(4)12(14)7-3;1-5(2,3)4/h10H,5-9H2,1-4H3;(H2,1,2,3,4)/q+1;/p-1. The van der Waals surface area contributed by atoms with Crippen molar-refractivity contribution in [2.45, 2.75) is 53.0 Å². The Hall–Kier alpha value is -0.920. The normalized spacial score (nSPS) is 11.1. The number of rotatable bonds is 5. The Bertz CT molecular complexity index is 472. The zero-order chi connectivity index (χ0) is 15.1. The average Bonchev–Trinajstić information content (AvgIpc) is 2.60. The van der Waals surface area contributed by atoms with E-state index >= 15 is 0 Å². The molecule has 6 nitrogen and oxygen atoms in total. The summed E-state index contributed by atoms with van der Waals surface area (Å²) in [6.07, 6.45) is 7.12. The lowest BCUT2D eigenvalue weighted by molar-refractivity contribution is -0.704. The molecule has 0 aromatic carbocycles. The smallest absolute Gasteiger partial charge is 0.256 e. The van der Waals surface area contributed by atoms with Crippen LogP contribution in [0, 0.1) is 0 Å². The van der Waals surface area contributed by atoms with Gasteiger partial charge in [0.1, 0.15) is 11.9 Å². The van der Waals surface area contributed by atoms with E-state index in [2.05, 4.69) is 43.1 Å². The van der Waals surface area contributed by atoms with Crippen LogP contribution in [-0.2, 0) is 36.8 Å². The van der Waals surface area contributed by atoms with E-state index in [-0.39, 0.29) is 0 Å². The first-order valence-corrected chi connectivity index (χ1v) is 7.86. The number of aryl methyl sites for hydroxylation is 2. The Kier molecular flexibility index (Phi) is 7.89. The summed E-state index contributed by atoms with van der Waals surface area (Å²) in [5.74, 6) is 1.45. The molecule has 7 heteroatoms. The second-order valence-corrected chi connectivity index (χ2v) is 5.13. The van der Waals surface area contributed by atoms with Gasteiger partial charge in [0, 0.05) is 12.8 Å². The highest BCUT2D eigenvalue weighted by atomic mass is 32.3. The van der Waals surface area contributed by atoms with Crippen molar-refractivity contribution < 1.29 is 22.1 Å². The molecule has 0 saturated heterocycles. The first-order valence-electron chi connectivity index (χ1n) is 6.49. The van der Waals surface area contributed by atoms with Gasteiger partial charge in [0.15, 0.2) is 0 Å². The van der Waals surface area contributed by atoms with Crippen molar-refractivity contribution in [2.24, 2.45) is 7.05 Å². The minimum atomic E-state index is -4.92. The molecule has 0 amide bonds. The Balaban J connectivity index is 0.000000555. The highest BCUT2D eigenvalue weighted by molar-refractivity contribution is 7.79. The van der Waals surface area contributed by atoms with E-state index in [1.807, 2.05) is 0 Å². The van der Waals surface area contributed by atoms with Crippen LogP contribution in [0.15, 0.2) is 6.20 Å². The molecule has 0 unspecified atom stereocenters. The number of unbranched alkanes of at least 4 members (excludes halogenated alkanes) is 1. The molecule has 0 saturated carbocycles. The molecule has 0 bridgehead atoms. The topological polar surface area (TPSA) is 86.2 Å². The second kappa shape index (κ2) is 8.29. The van der Waals surface area contributed by atoms with Gasteiger partial charge in [0.25, 0.3) is 5.82 Å². The zero-order valence-electron chi connectivity index (χ0n) is 12.1. The van der Waals surface area contributed by atoms with E-state index in [9.17, 15) is 0 Å². The van der Waals surface area contributed by atoms with Crippen LogP contribution < -0.4 is 4.57 Å². The molecule has 1 heterocycles. The van der Waals surface area contributed by atoms with Crippen LogP contribution in [0.5, 0.6) is 0 Å². The van der Waals surface area contributed by atoms with E-state index in [4.69, 9.17) is 17.5 Å². The Labute approximate surface area is 115 Å². The van der Waals surface area contributed by atoms with Gasteiger partial charge in [-0.15, -0.1) is 0 Å². The second-order valence-electron chi connectivity index (χ2n) is 4.28. The van der Waals surface area contributed by atoms with E-state index in [1.54, 1.807) is 0 Å². The molecule has 0 aliphatic carbocycles. The first-order chi connectivity index (χ1) is 8.74. The van der Waals surface area contributed by atoms with Crippen LogP contribution in [0.4, 0.5) is 0 Å². The van der Waals surface area contributed by atoms with Gasteiger partial charge in [-0.05, 0) is 6.42 Å². The number of hydrogen-bond acceptors (Lipinski definition) is 3. The Morgan fingerprint density at radius 1 is 1.32 bits per heavy atom. The van der Waals surface area contributed by atoms with Crippen molar-refractivity contribution in [3.05, 3.63) is 17.7 Å². The molecule has 0 radical (unpaired) electrons. The molecule has 0 aliphatic heterocycles. The maximum Gasteiger partial charge on any atom is 0.256 e. The average molecular weight is 292 g/mol. The highest BCUT2D eigenvalue weighted by Gasteiger charge is 2.16. The summed E-state index contributed by atoms with van der Waals surface area (Å²) in [6.45, 7) is 7.87. The van der Waals surface area contributed by atoms with Crippen molar-refractivity contribution in [2.75, 3.05) is 0 Å². The van der Waals surface area contributed by atoms with Crippen molar-refractivity contribution in [1.29, 1.82) is 0 Å². The van der Waals surface area contributed by atoms with Crippen molar-refractivity contribution in [1.82, 2.24) is 4.57 Å². The van der Waals surface area contributed by atoms with Crippen LogP contribution in [0.25, 0.3) is 0 Å². The highest BCUT2D eigenvalue weighted by Crippen LogP contribution is 2.03. The van der Waals surface area contributed by atoms with Crippen LogP contribution in [0.3, 0.4) is 0 Å². The maximum atomic E-state index is 8.63. The Morgan fingerprint density at radius 2 is 1.84 bits per heavy atom. The summed E-state index contributed by atoms with van der Waals surface area (Å²) in [4.78, 5) is 0. The lowest BCUT2D eigenvalue weighted by atomic mass is 10.3. The van der Waals surface area contributed by atoms with Crippen molar-refractivity contribution in [3.63, 3.8) is 0 Å². The zero-order valence-corrected chi connectivity index (χ0v) is 12.9. The number of nitrogens with zero attached hydrogens (tertiary/aromatic N) is 2. The van der Waals surface area contributed by atoms with Gasteiger partial charge in [-0.2, -0.15) is 0 Å². The molecular weight excluding hydrogens is 268 g/mol. The monoisotopic (exact) mass is 292 g/mol. The molecule has 1 N–H and O–H groups in total. The molecule has 0 fully saturated rings. The number of hydrogen-bond donors (Lipinski definition) is 1. The van der Waals surface area contributed by atoms with Gasteiger partial charge in [-0.1, -0.05) is 27.2 Å². The first kappa shape index (κ1) is 18.1. The van der Waals surface area contributed by atoms with E-state index in [1.165, 1.54) is 30.9 Å². The fraction of sp³-hybridized carbons (Fsp3) is 0.750. The Morgan fingerprint density at radius 3 is 2.21 bits per heavy atom. The van der Waals surface area contributed by atoms with Crippen LogP contribution in [0.2, 0.25) is 0 Å². The molecule has 1 aromatic heterocycles. The minimum Gasteiger partial charge on any atom is -0.726 e. The van der Waals surface area contributed by atoms with Gasteiger partial charge in [-0.3, -0.25) is 4.55 Å². The molecule has 1 rings (SSSR count). The number of aromatic nitrogens is 2. The summed E-state index contributed by atoms with van der Waals surface area (Å²) >= 11 is 0. The van der Waals surface area contributed by atoms with E-state index < -0.39 is 10.4 Å². The van der Waals surface area contributed by atoms with Crippen molar-refractivity contribution >= 4 is 10.4 Å². The van der Waals surface area contributed by atoms with Crippen molar-refractivity contribution in [3.8, 4) is 0 Å². The van der Waals surface area contributed by atoms with Gasteiger partial charge in [-0.25, -0.2) is 17.6 Å². The van der Waals surface area contributed by atoms with Gasteiger partial charge in [0.05, 0.1) is 13.6 Å². The predicted octanol–water partition coefficient (Wildman–Crippen LogP) is 1.24. The van der Waals surface area contributed by atoms with Gasteiger partial charge < -0.3 is 4.55 Å². The van der Waals surface area contributed by atoms with E-state index in [0.717, 1.165) is 12.8 Å². The predicted molar refractivity (Wildman–Crippen MR) is 71.6 cm³/mol. The van der Waals surface area contributed by atoms with Gasteiger partial charge >= 0.3 is 0 Å². The number of imidazole rings is 1. The van der Waals surface area contributed by atoms with E-state index in [0.29, 0.717) is 0 Å². The third-order valence-corrected chi connectivity index (χ3v) is 2.89. The third kappa shape index (κ3) is 7.29. The minimum absolute atomic E-state index is 1.13. The fourth-order valence-electron chi connectivity index (χ4n) is 1.99. The lowest BCUT2D eigenvalue weighted by Gasteiger charge is -1.98. The molecule has 0 spiro atoms. The third-order valence-electron chi connectivity index (χ3n) is 2.89. The molecule has 0 atom stereocenters. The summed E-state index contributed by atoms with van der Waals surface area (Å²) in [5, 5.41) is 0. The summed E-state index contributed by atoms with van der Waals surface area (Å²) < 4.78 is 37.6. The molecule has 0 aliphatic rings. The molecule has 19 heavy (non-hydrogen) atoms.